The number of hydrogen-bond donors (Lipinski definition) is 0. The zero-order valence-electron chi connectivity index (χ0n) is 16.1. The van der Waals surface area contributed by atoms with Crippen molar-refractivity contribution in [2.75, 3.05) is 45.8 Å². The molecule has 0 aliphatic carbocycles. The molecular weight excluding hydrogens is 324 g/mol. The number of aryl methyl sites for hydroxylation is 1. The van der Waals surface area contributed by atoms with Gasteiger partial charge in [0.05, 0.1) is 18.2 Å². The van der Waals surface area contributed by atoms with Crippen LogP contribution in [-0.2, 0) is 17.6 Å². The van der Waals surface area contributed by atoms with Crippen LogP contribution in [0.15, 0.2) is 18.2 Å². The van der Waals surface area contributed by atoms with E-state index in [1.165, 1.54) is 11.1 Å². The number of hydrogen-bond acceptors (Lipinski definition) is 4. The summed E-state index contributed by atoms with van der Waals surface area (Å²) in [6.07, 6.45) is 2.98. The molecule has 26 heavy (non-hydrogen) atoms. The highest BCUT2D eigenvalue weighted by molar-refractivity contribution is 5.78. The third-order valence-electron chi connectivity index (χ3n) is 5.71. The van der Waals surface area contributed by atoms with Crippen LogP contribution >= 0.6 is 0 Å². The van der Waals surface area contributed by atoms with Gasteiger partial charge < -0.3 is 4.90 Å². The van der Waals surface area contributed by atoms with Crippen molar-refractivity contribution >= 4 is 5.91 Å². The lowest BCUT2D eigenvalue weighted by molar-refractivity contribution is -0.134. The Morgan fingerprint density at radius 3 is 2.54 bits per heavy atom. The molecule has 0 unspecified atom stereocenters. The van der Waals surface area contributed by atoms with Gasteiger partial charge in [-0.3, -0.25) is 14.6 Å². The van der Waals surface area contributed by atoms with Crippen LogP contribution in [0.1, 0.15) is 37.0 Å². The Hall–Kier alpha value is -1.90. The van der Waals surface area contributed by atoms with Gasteiger partial charge >= 0.3 is 0 Å². The molecule has 0 radical (unpaired) electrons. The molecule has 1 aromatic rings. The quantitative estimate of drug-likeness (QED) is 0.832. The monoisotopic (exact) mass is 354 g/mol. The second kappa shape index (κ2) is 8.66. The van der Waals surface area contributed by atoms with Crippen LogP contribution in [0.25, 0.3) is 0 Å². The minimum absolute atomic E-state index is 0.272. The second-order valence-electron chi connectivity index (χ2n) is 7.74. The summed E-state index contributed by atoms with van der Waals surface area (Å²) in [5, 5.41) is 9.07. The van der Waals surface area contributed by atoms with Crippen molar-refractivity contribution < 1.29 is 4.79 Å². The van der Waals surface area contributed by atoms with E-state index in [0.29, 0.717) is 12.6 Å². The molecule has 5 heteroatoms. The first-order valence-corrected chi connectivity index (χ1v) is 9.83. The predicted molar refractivity (Wildman–Crippen MR) is 103 cm³/mol. The van der Waals surface area contributed by atoms with Gasteiger partial charge in [-0.25, -0.2) is 0 Å². The standard InChI is InChI=1S/C21H30N4O/c1-17(2)24-10-12-25(13-11-24)21(26)16-23-8-3-4-20-14-18(15-22)5-6-19(20)7-9-23/h5-6,14,17H,3-4,7-13,16H2,1-2H3. The van der Waals surface area contributed by atoms with Gasteiger partial charge in [-0.15, -0.1) is 0 Å². The molecule has 5 nitrogen and oxygen atoms in total. The van der Waals surface area contributed by atoms with Gasteiger partial charge in [-0.2, -0.15) is 5.26 Å². The van der Waals surface area contributed by atoms with E-state index in [2.05, 4.69) is 35.8 Å². The van der Waals surface area contributed by atoms with Crippen molar-refractivity contribution in [1.29, 1.82) is 5.26 Å². The molecule has 1 fully saturated rings. The Balaban J connectivity index is 1.53. The highest BCUT2D eigenvalue weighted by Crippen LogP contribution is 2.18. The van der Waals surface area contributed by atoms with Crippen LogP contribution in [0.5, 0.6) is 0 Å². The van der Waals surface area contributed by atoms with Crippen LogP contribution in [0.2, 0.25) is 0 Å². The normalized spacial score (nSPS) is 19.5. The Labute approximate surface area is 157 Å². The average molecular weight is 354 g/mol. The van der Waals surface area contributed by atoms with Gasteiger partial charge in [-0.05, 0) is 62.9 Å². The fourth-order valence-corrected chi connectivity index (χ4v) is 3.99. The van der Waals surface area contributed by atoms with Crippen molar-refractivity contribution in [2.45, 2.75) is 39.2 Å². The molecule has 1 saturated heterocycles. The molecule has 3 rings (SSSR count). The molecule has 2 heterocycles. The first-order valence-electron chi connectivity index (χ1n) is 9.83. The minimum atomic E-state index is 0.272. The van der Waals surface area contributed by atoms with Crippen LogP contribution < -0.4 is 0 Å². The number of nitrogens with zero attached hydrogens (tertiary/aromatic N) is 4. The third kappa shape index (κ3) is 4.63. The number of rotatable bonds is 3. The summed E-state index contributed by atoms with van der Waals surface area (Å²) >= 11 is 0. The number of carbonyl (C=O) groups is 1. The maximum Gasteiger partial charge on any atom is 0.236 e. The van der Waals surface area contributed by atoms with Crippen molar-refractivity contribution in [3.63, 3.8) is 0 Å². The first-order chi connectivity index (χ1) is 12.6. The smallest absolute Gasteiger partial charge is 0.236 e. The summed E-state index contributed by atoms with van der Waals surface area (Å²) in [5.41, 5.74) is 3.38. The molecular formula is C21H30N4O. The van der Waals surface area contributed by atoms with E-state index in [1.54, 1.807) is 0 Å². The maximum atomic E-state index is 12.7. The second-order valence-corrected chi connectivity index (χ2v) is 7.74. The van der Waals surface area contributed by atoms with E-state index in [1.807, 2.05) is 17.0 Å². The summed E-state index contributed by atoms with van der Waals surface area (Å²) < 4.78 is 0. The van der Waals surface area contributed by atoms with Gasteiger partial charge in [-0.1, -0.05) is 6.07 Å². The Morgan fingerprint density at radius 1 is 1.08 bits per heavy atom. The topological polar surface area (TPSA) is 50.6 Å². The van der Waals surface area contributed by atoms with Gasteiger partial charge in [0.1, 0.15) is 0 Å². The highest BCUT2D eigenvalue weighted by atomic mass is 16.2. The fraction of sp³-hybridized carbons (Fsp3) is 0.619. The SMILES string of the molecule is CC(C)N1CCN(C(=O)CN2CCCc3cc(C#N)ccc3CC2)CC1. The van der Waals surface area contributed by atoms with Crippen molar-refractivity contribution in [3.05, 3.63) is 34.9 Å². The lowest BCUT2D eigenvalue weighted by atomic mass is 9.96. The number of amides is 1. The van der Waals surface area contributed by atoms with Crippen molar-refractivity contribution in [1.82, 2.24) is 14.7 Å². The van der Waals surface area contributed by atoms with Crippen molar-refractivity contribution in [2.24, 2.45) is 0 Å². The number of fused-ring (bicyclic) bond motifs is 1. The molecule has 2 aliphatic rings. The van der Waals surface area contributed by atoms with E-state index >= 15 is 0 Å². The lowest BCUT2D eigenvalue weighted by Crippen LogP contribution is -2.53. The van der Waals surface area contributed by atoms with Crippen LogP contribution in [-0.4, -0.2) is 72.5 Å². The van der Waals surface area contributed by atoms with E-state index in [0.717, 1.165) is 64.1 Å². The van der Waals surface area contributed by atoms with E-state index in [4.69, 9.17) is 5.26 Å². The predicted octanol–water partition coefficient (Wildman–Crippen LogP) is 1.90. The molecule has 0 aromatic heterocycles. The summed E-state index contributed by atoms with van der Waals surface area (Å²) in [7, 11) is 0. The zero-order chi connectivity index (χ0) is 18.5. The van der Waals surface area contributed by atoms with Crippen LogP contribution in [0.4, 0.5) is 0 Å². The maximum absolute atomic E-state index is 12.7. The number of carbonyl (C=O) groups excluding carboxylic acids is 1. The average Bonchev–Trinajstić information content (AvgIpc) is 2.64. The van der Waals surface area contributed by atoms with E-state index in [9.17, 15) is 4.79 Å². The molecule has 2 aliphatic heterocycles. The molecule has 140 valence electrons. The summed E-state index contributed by atoms with van der Waals surface area (Å²) in [4.78, 5) is 19.5. The molecule has 1 aromatic carbocycles. The summed E-state index contributed by atoms with van der Waals surface area (Å²) in [5.74, 6) is 0.272. The Kier molecular flexibility index (Phi) is 6.29. The molecule has 0 N–H and O–H groups in total. The third-order valence-corrected chi connectivity index (χ3v) is 5.71. The van der Waals surface area contributed by atoms with Crippen LogP contribution in [0, 0.1) is 11.3 Å². The van der Waals surface area contributed by atoms with Gasteiger partial charge in [0.15, 0.2) is 0 Å². The summed E-state index contributed by atoms with van der Waals surface area (Å²) in [6.45, 7) is 10.5. The zero-order valence-corrected chi connectivity index (χ0v) is 16.1. The highest BCUT2D eigenvalue weighted by Gasteiger charge is 2.24. The van der Waals surface area contributed by atoms with Crippen LogP contribution in [0.3, 0.4) is 0 Å². The lowest BCUT2D eigenvalue weighted by Gasteiger charge is -2.38. The Morgan fingerprint density at radius 2 is 1.85 bits per heavy atom. The number of benzene rings is 1. The number of piperazine rings is 1. The van der Waals surface area contributed by atoms with E-state index in [-0.39, 0.29) is 5.91 Å². The number of nitriles is 1. The van der Waals surface area contributed by atoms with Crippen molar-refractivity contribution in [3.8, 4) is 6.07 Å². The van der Waals surface area contributed by atoms with Gasteiger partial charge in [0.2, 0.25) is 5.91 Å². The Bertz CT molecular complexity index is 671. The molecule has 0 spiro atoms. The molecule has 0 saturated carbocycles. The summed E-state index contributed by atoms with van der Waals surface area (Å²) in [6, 6.07) is 8.82. The van der Waals surface area contributed by atoms with Gasteiger partial charge in [0, 0.05) is 38.8 Å². The fourth-order valence-electron chi connectivity index (χ4n) is 3.99. The molecule has 1 amide bonds. The van der Waals surface area contributed by atoms with Gasteiger partial charge in [0.25, 0.3) is 0 Å². The minimum Gasteiger partial charge on any atom is -0.339 e. The molecule has 0 atom stereocenters. The largest absolute Gasteiger partial charge is 0.339 e. The first kappa shape index (κ1) is 18.9. The van der Waals surface area contributed by atoms with E-state index < -0.39 is 0 Å². The molecule has 0 bridgehead atoms.